The predicted octanol–water partition coefficient (Wildman–Crippen LogP) is -3.65. The van der Waals surface area contributed by atoms with Crippen LogP contribution in [0.1, 0.15) is 0 Å². The second-order valence-corrected chi connectivity index (χ2v) is 3.05. The summed E-state index contributed by atoms with van der Waals surface area (Å²) in [6.07, 6.45) is 0. The van der Waals surface area contributed by atoms with Gasteiger partial charge in [0.05, 0.1) is 0 Å². The fraction of sp³-hybridized carbons (Fsp3) is 0.500. The Balaban J connectivity index is -0.0000000176. The maximum Gasteiger partial charge on any atom is 2.00 e. The number of hydrogen-bond acceptors (Lipinski definition) is 8. The van der Waals surface area contributed by atoms with Crippen LogP contribution in [-0.2, 0) is 38.1 Å². The third-order valence-electron chi connectivity index (χ3n) is 0.333. The normalized spacial score (nSPS) is 4.00. The summed E-state index contributed by atoms with van der Waals surface area (Å²) in [7, 11) is 0. The zero-order chi connectivity index (χ0) is 17.7. The Morgan fingerprint density at radius 2 is 0.591 bits per heavy atom. The molecule has 0 atom stereocenters. The van der Waals surface area contributed by atoms with Gasteiger partial charge in [-0.05, 0) is 0 Å². The summed E-state index contributed by atoms with van der Waals surface area (Å²) in [5.41, 5.74) is 19.6. The van der Waals surface area contributed by atoms with Crippen LogP contribution < -0.4 is 22.9 Å². The summed E-state index contributed by atoms with van der Waals surface area (Å²) < 4.78 is 0. The maximum atomic E-state index is 7.26. The summed E-state index contributed by atoms with van der Waals surface area (Å²) in [5.74, 6) is 0. The Hall–Kier alpha value is 1.09. The molecule has 0 rings (SSSR count). The van der Waals surface area contributed by atoms with Crippen molar-refractivity contribution in [2.75, 3.05) is 26.2 Å². The first-order valence-corrected chi connectivity index (χ1v) is 7.77. The van der Waals surface area contributed by atoms with Gasteiger partial charge in [-0.25, -0.2) is 0 Å². The van der Waals surface area contributed by atoms with Crippen LogP contribution in [-0.4, -0.2) is 90.2 Å². The Bertz CT molecular complexity index is 217. The van der Waals surface area contributed by atoms with Crippen LogP contribution in [0.15, 0.2) is 0 Å². The molecule has 1 radical (unpaired) electrons. The van der Waals surface area contributed by atoms with Crippen LogP contribution in [0.2, 0.25) is 0 Å². The zero-order valence-corrected chi connectivity index (χ0v) is 21.2. The molecule has 0 aliphatic heterocycles. The van der Waals surface area contributed by atoms with E-state index in [2.05, 4.69) is 64.1 Å². The maximum absolute atomic E-state index is 7.26. The Kier molecular flexibility index (Phi) is 268. The molecule has 0 heterocycles. The fourth-order valence-corrected chi connectivity index (χ4v) is 0. The van der Waals surface area contributed by atoms with E-state index < -0.39 is 0 Å². The van der Waals surface area contributed by atoms with Crippen molar-refractivity contribution >= 4 is 64.1 Å². The Labute approximate surface area is 190 Å². The monoisotopic (exact) mass is 802 g/mol. The van der Waals surface area contributed by atoms with Gasteiger partial charge in [-0.15, -0.1) is 0 Å². The molecule has 0 unspecified atom stereocenters. The second-order valence-electron chi connectivity index (χ2n) is 1.52. The van der Waals surface area contributed by atoms with Crippen molar-refractivity contribution in [1.29, 1.82) is 21.0 Å². The van der Waals surface area contributed by atoms with Crippen molar-refractivity contribution in [2.24, 2.45) is 22.9 Å². The topological polar surface area (TPSA) is 199 Å². The van der Waals surface area contributed by atoms with Crippen LogP contribution in [0.5, 0.6) is 0 Å². The second kappa shape index (κ2) is 119. The number of nitriles is 4. The Morgan fingerprint density at radius 3 is 0.591 bits per heavy atom. The van der Waals surface area contributed by atoms with Crippen molar-refractivity contribution in [1.82, 2.24) is 0 Å². The van der Waals surface area contributed by atoms with Gasteiger partial charge in [0.25, 0.3) is 0 Å². The van der Waals surface area contributed by atoms with E-state index >= 15 is 0 Å². The van der Waals surface area contributed by atoms with E-state index in [0.717, 1.165) is 0 Å². The van der Waals surface area contributed by atoms with Crippen LogP contribution in [0.3, 0.4) is 0 Å². The molecular formula is C8H16CuN8PtSe4. The average molecular weight is 799 g/mol. The van der Waals surface area contributed by atoms with Crippen molar-refractivity contribution in [3.05, 3.63) is 0 Å². The van der Waals surface area contributed by atoms with E-state index in [-0.39, 0.29) is 38.1 Å². The molecule has 0 spiro atoms. The number of hydrogen-bond donors (Lipinski definition) is 4. The molecule has 0 aromatic carbocycles. The molecule has 0 fully saturated rings. The van der Waals surface area contributed by atoms with Gasteiger partial charge in [0.2, 0.25) is 0 Å². The minimum Gasteiger partial charge on any atom is -0.329 e. The Morgan fingerprint density at radius 1 is 0.545 bits per heavy atom. The van der Waals surface area contributed by atoms with E-state index in [9.17, 15) is 0 Å². The summed E-state index contributed by atoms with van der Waals surface area (Å²) in [5, 5.41) is 29.1. The molecule has 0 aliphatic carbocycles. The molecule has 0 aliphatic rings. The minimum atomic E-state index is 0. The van der Waals surface area contributed by atoms with Gasteiger partial charge in [-0.3, -0.25) is 0 Å². The van der Waals surface area contributed by atoms with Crippen LogP contribution in [0.4, 0.5) is 0 Å². The van der Waals surface area contributed by atoms with Gasteiger partial charge >= 0.3 is 143 Å². The molecular weight excluding hydrogens is 783 g/mol. The smallest absolute Gasteiger partial charge is 0.329 e. The minimum absolute atomic E-state index is 0. The summed E-state index contributed by atoms with van der Waals surface area (Å²) in [6.45, 7) is 2.39. The molecule has 8 nitrogen and oxygen atoms in total. The van der Waals surface area contributed by atoms with Gasteiger partial charge < -0.3 is 22.9 Å². The molecule has 14 heteroatoms. The molecule has 0 aromatic rings. The van der Waals surface area contributed by atoms with Gasteiger partial charge in [0.15, 0.2) is 0 Å². The first-order chi connectivity index (χ1) is 9.49. The van der Waals surface area contributed by atoms with Gasteiger partial charge in [0, 0.05) is 26.2 Å². The number of rotatable bonds is 2. The van der Waals surface area contributed by atoms with E-state index in [0.29, 0.717) is 26.2 Å². The van der Waals surface area contributed by atoms with E-state index in [1.165, 1.54) is 0 Å². The third-order valence-corrected chi connectivity index (χ3v) is 0.333. The zero-order valence-electron chi connectivity index (χ0n) is 11.2. The molecule has 0 bridgehead atoms. The van der Waals surface area contributed by atoms with E-state index in [4.69, 9.17) is 44.0 Å². The van der Waals surface area contributed by atoms with E-state index in [1.54, 1.807) is 19.9 Å². The standard InChI is InChI=1S/2C2H8N2.4CHNSe.Cu.Pt/c2*3-1-2-4;4*2-1-3;;/h2*1-4H2;4*3H;;/q;;;;;;2*+2/p-4. The molecule has 22 heavy (non-hydrogen) atoms. The first-order valence-electron chi connectivity index (χ1n) is 4.34. The SMILES string of the molecule is N#C[Se-].N#C[Se-].N#C[Se-].N#C[Se-].NCCN.NCCN.[Cu+2].[Pt+2]. The van der Waals surface area contributed by atoms with Crippen LogP contribution >= 0.6 is 0 Å². The van der Waals surface area contributed by atoms with Crippen LogP contribution in [0, 0.1) is 40.9 Å². The van der Waals surface area contributed by atoms with Gasteiger partial charge in [0.1, 0.15) is 0 Å². The summed E-state index contributed by atoms with van der Waals surface area (Å²) >= 11 is 8.44. The summed E-state index contributed by atoms with van der Waals surface area (Å²) in [6, 6.07) is 0. The quantitative estimate of drug-likeness (QED) is 0.205. The molecule has 8 N–H and O–H groups in total. The molecule has 133 valence electrons. The molecule has 0 saturated carbocycles. The van der Waals surface area contributed by atoms with Gasteiger partial charge in [-0.1, -0.05) is 0 Å². The van der Waals surface area contributed by atoms with Gasteiger partial charge in [-0.2, -0.15) is 0 Å². The number of nitrogens with zero attached hydrogens (tertiary/aromatic N) is 4. The third kappa shape index (κ3) is 893. The molecule has 0 saturated heterocycles. The fourth-order valence-electron chi connectivity index (χ4n) is 0. The predicted molar refractivity (Wildman–Crippen MR) is 81.7 cm³/mol. The average Bonchev–Trinajstić information content (AvgIpc) is 2.42. The first kappa shape index (κ1) is 49.5. The summed E-state index contributed by atoms with van der Waals surface area (Å²) in [4.78, 5) is 6.50. The van der Waals surface area contributed by atoms with Crippen molar-refractivity contribution in [3.8, 4) is 19.9 Å². The van der Waals surface area contributed by atoms with E-state index in [1.807, 2.05) is 0 Å². The van der Waals surface area contributed by atoms with Crippen molar-refractivity contribution in [2.45, 2.75) is 0 Å². The molecule has 0 amide bonds. The van der Waals surface area contributed by atoms with Crippen molar-refractivity contribution in [3.63, 3.8) is 0 Å². The largest absolute Gasteiger partial charge is 2.00 e. The van der Waals surface area contributed by atoms with Crippen LogP contribution in [0.25, 0.3) is 0 Å². The molecule has 0 aromatic heterocycles. The number of nitrogens with two attached hydrogens (primary N) is 4. The van der Waals surface area contributed by atoms with Crippen molar-refractivity contribution < 1.29 is 38.1 Å².